The minimum atomic E-state index is -0.118. The second-order valence-corrected chi connectivity index (χ2v) is 9.13. The minimum absolute atomic E-state index is 0.0516. The Morgan fingerprint density at radius 2 is 1.89 bits per heavy atom. The van der Waals surface area contributed by atoms with Gasteiger partial charge in [0.25, 0.3) is 0 Å². The molecule has 1 fully saturated rings. The van der Waals surface area contributed by atoms with Gasteiger partial charge in [-0.2, -0.15) is 0 Å². The Hall–Kier alpha value is -3.81. The molecule has 8 heteroatoms. The Kier molecular flexibility index (Phi) is 6.70. The van der Waals surface area contributed by atoms with E-state index in [-0.39, 0.29) is 17.5 Å². The molecule has 0 amide bonds. The van der Waals surface area contributed by atoms with E-state index in [1.54, 1.807) is 6.20 Å². The third kappa shape index (κ3) is 4.87. The zero-order valence-electron chi connectivity index (χ0n) is 19.9. The topological polar surface area (TPSA) is 96.8 Å². The van der Waals surface area contributed by atoms with Gasteiger partial charge in [0.05, 0.1) is 5.52 Å². The summed E-state index contributed by atoms with van der Waals surface area (Å²) in [5.41, 5.74) is 3.09. The first kappa shape index (κ1) is 23.0. The zero-order valence-corrected chi connectivity index (χ0v) is 19.9. The number of hydrogen-bond acceptors (Lipinski definition) is 6. The maximum Gasteiger partial charge on any atom is 0.327 e. The van der Waals surface area contributed by atoms with Gasteiger partial charge in [-0.1, -0.05) is 37.3 Å². The lowest BCUT2D eigenvalue weighted by Crippen LogP contribution is -2.37. The highest BCUT2D eigenvalue weighted by molar-refractivity contribution is 5.94. The lowest BCUT2D eigenvalue weighted by molar-refractivity contribution is 0.0972. The second-order valence-electron chi connectivity index (χ2n) is 9.13. The van der Waals surface area contributed by atoms with Crippen LogP contribution in [0, 0.1) is 0 Å². The standard InChI is InChI=1S/C27H30N6O2/c1-2-19(20-7-4-3-5-8-20)10-11-24(34)22-17-25(30-18-29-22)32-15-12-21(13-16-32)33-23-9-6-14-28-26(23)31-27(33)35/h3-9,14,17-19,21H,2,10-13,15-16H2,1H3,(H,28,31,35). The molecule has 5 rings (SSSR count). The predicted octanol–water partition coefficient (Wildman–Crippen LogP) is 4.51. The number of imidazole rings is 1. The van der Waals surface area contributed by atoms with Gasteiger partial charge in [-0.25, -0.2) is 19.7 Å². The summed E-state index contributed by atoms with van der Waals surface area (Å²) < 4.78 is 1.82. The first-order valence-corrected chi connectivity index (χ1v) is 12.3. The van der Waals surface area contributed by atoms with E-state index in [9.17, 15) is 9.59 Å². The second kappa shape index (κ2) is 10.2. The first-order chi connectivity index (χ1) is 17.1. The number of carbonyl (C=O) groups is 1. The monoisotopic (exact) mass is 470 g/mol. The molecule has 1 saturated heterocycles. The molecule has 0 radical (unpaired) electrons. The lowest BCUT2D eigenvalue weighted by atomic mass is 9.91. The summed E-state index contributed by atoms with van der Waals surface area (Å²) in [6.07, 6.45) is 7.05. The zero-order chi connectivity index (χ0) is 24.2. The van der Waals surface area contributed by atoms with Crippen molar-refractivity contribution in [2.24, 2.45) is 0 Å². The van der Waals surface area contributed by atoms with Crippen LogP contribution in [0.5, 0.6) is 0 Å². The quantitative estimate of drug-likeness (QED) is 0.381. The van der Waals surface area contributed by atoms with Gasteiger partial charge >= 0.3 is 5.69 Å². The maximum atomic E-state index is 12.9. The Morgan fingerprint density at radius 3 is 2.66 bits per heavy atom. The Morgan fingerprint density at radius 1 is 1.09 bits per heavy atom. The molecular formula is C27H30N6O2. The number of aromatic nitrogens is 5. The maximum absolute atomic E-state index is 12.9. The highest BCUT2D eigenvalue weighted by Gasteiger charge is 2.25. The summed E-state index contributed by atoms with van der Waals surface area (Å²) >= 11 is 0. The highest BCUT2D eigenvalue weighted by atomic mass is 16.1. The van der Waals surface area contributed by atoms with E-state index in [4.69, 9.17) is 0 Å². The van der Waals surface area contributed by atoms with Gasteiger partial charge in [0.1, 0.15) is 17.8 Å². The summed E-state index contributed by atoms with van der Waals surface area (Å²) in [6.45, 7) is 3.66. The summed E-state index contributed by atoms with van der Waals surface area (Å²) in [5.74, 6) is 1.18. The molecule has 3 aromatic heterocycles. The number of carbonyl (C=O) groups excluding carboxylic acids is 1. The fourth-order valence-electron chi connectivity index (χ4n) is 5.11. The number of anilines is 1. The molecular weight excluding hydrogens is 440 g/mol. The first-order valence-electron chi connectivity index (χ1n) is 12.3. The van der Waals surface area contributed by atoms with Gasteiger partial charge < -0.3 is 4.90 Å². The fraction of sp³-hybridized carbons (Fsp3) is 0.370. The number of nitrogens with one attached hydrogen (secondary N) is 1. The van der Waals surface area contributed by atoms with E-state index in [1.807, 2.05) is 41.0 Å². The molecule has 0 spiro atoms. The number of fused-ring (bicyclic) bond motifs is 1. The largest absolute Gasteiger partial charge is 0.356 e. The molecule has 0 bridgehead atoms. The molecule has 4 aromatic rings. The van der Waals surface area contributed by atoms with Crippen LogP contribution >= 0.6 is 0 Å². The number of benzene rings is 1. The van der Waals surface area contributed by atoms with Crippen molar-refractivity contribution in [1.29, 1.82) is 0 Å². The van der Waals surface area contributed by atoms with Crippen molar-refractivity contribution in [1.82, 2.24) is 24.5 Å². The summed E-state index contributed by atoms with van der Waals surface area (Å²) in [4.78, 5) is 43.5. The molecule has 1 aliphatic heterocycles. The van der Waals surface area contributed by atoms with Crippen molar-refractivity contribution in [3.8, 4) is 0 Å². The number of rotatable bonds is 8. The van der Waals surface area contributed by atoms with Gasteiger partial charge in [0.15, 0.2) is 11.4 Å². The number of Topliss-reactive ketones (excluding diaryl/α,β-unsaturated/α-hetero) is 1. The molecule has 1 N–H and O–H groups in total. The van der Waals surface area contributed by atoms with Crippen molar-refractivity contribution < 1.29 is 4.79 Å². The van der Waals surface area contributed by atoms with Gasteiger partial charge in [0, 0.05) is 37.8 Å². The number of H-pyrrole nitrogens is 1. The number of ketones is 1. The summed E-state index contributed by atoms with van der Waals surface area (Å²) in [6, 6.07) is 16.1. The number of piperidine rings is 1. The summed E-state index contributed by atoms with van der Waals surface area (Å²) in [7, 11) is 0. The van der Waals surface area contributed by atoms with Gasteiger partial charge in [-0.3, -0.25) is 14.3 Å². The Bertz CT molecular complexity index is 1350. The van der Waals surface area contributed by atoms with E-state index < -0.39 is 0 Å². The Labute approximate surface area is 204 Å². The van der Waals surface area contributed by atoms with Crippen LogP contribution in [0.15, 0.2) is 65.8 Å². The third-order valence-corrected chi connectivity index (χ3v) is 7.07. The number of hydrogen-bond donors (Lipinski definition) is 1. The van der Waals surface area contributed by atoms with Crippen LogP contribution in [0.3, 0.4) is 0 Å². The molecule has 4 heterocycles. The minimum Gasteiger partial charge on any atom is -0.356 e. The van der Waals surface area contributed by atoms with Crippen LogP contribution in [-0.4, -0.2) is 43.4 Å². The van der Waals surface area contributed by atoms with Crippen LogP contribution in [0.25, 0.3) is 11.2 Å². The number of aromatic amines is 1. The van der Waals surface area contributed by atoms with Gasteiger partial charge in [0.2, 0.25) is 0 Å². The van der Waals surface area contributed by atoms with Crippen molar-refractivity contribution in [2.75, 3.05) is 18.0 Å². The number of pyridine rings is 1. The SMILES string of the molecule is CCC(CCC(=O)c1cc(N2CCC(n3c(=O)[nH]c4ncccc43)CC2)ncn1)c1ccccc1. The van der Waals surface area contributed by atoms with Crippen molar-refractivity contribution in [2.45, 2.75) is 51.0 Å². The molecule has 1 atom stereocenters. The van der Waals surface area contributed by atoms with Crippen molar-refractivity contribution >= 4 is 22.8 Å². The van der Waals surface area contributed by atoms with Crippen LogP contribution in [0.1, 0.15) is 67.0 Å². The Balaban J connectivity index is 1.23. The fourth-order valence-corrected chi connectivity index (χ4v) is 5.11. The van der Waals surface area contributed by atoms with Crippen LogP contribution in [-0.2, 0) is 0 Å². The molecule has 0 saturated carbocycles. The molecule has 1 unspecified atom stereocenters. The lowest BCUT2D eigenvalue weighted by Gasteiger charge is -2.33. The van der Waals surface area contributed by atoms with E-state index in [0.717, 1.165) is 50.1 Å². The molecule has 180 valence electrons. The third-order valence-electron chi connectivity index (χ3n) is 7.07. The van der Waals surface area contributed by atoms with E-state index in [1.165, 1.54) is 11.9 Å². The molecule has 1 aliphatic rings. The van der Waals surface area contributed by atoms with E-state index in [0.29, 0.717) is 23.7 Å². The molecule has 1 aromatic carbocycles. The normalized spacial score (nSPS) is 15.4. The molecule has 35 heavy (non-hydrogen) atoms. The average Bonchev–Trinajstić information content (AvgIpc) is 3.25. The van der Waals surface area contributed by atoms with Gasteiger partial charge in [-0.15, -0.1) is 0 Å². The van der Waals surface area contributed by atoms with E-state index in [2.05, 4.69) is 43.9 Å². The van der Waals surface area contributed by atoms with Crippen LogP contribution in [0.4, 0.5) is 5.82 Å². The number of nitrogens with zero attached hydrogens (tertiary/aromatic N) is 5. The highest BCUT2D eigenvalue weighted by Crippen LogP contribution is 2.28. The van der Waals surface area contributed by atoms with E-state index >= 15 is 0 Å². The van der Waals surface area contributed by atoms with Crippen molar-refractivity contribution in [3.05, 3.63) is 82.8 Å². The predicted molar refractivity (Wildman–Crippen MR) is 136 cm³/mol. The molecule has 8 nitrogen and oxygen atoms in total. The molecule has 0 aliphatic carbocycles. The van der Waals surface area contributed by atoms with Crippen LogP contribution < -0.4 is 10.6 Å². The van der Waals surface area contributed by atoms with Gasteiger partial charge in [-0.05, 0) is 49.3 Å². The van der Waals surface area contributed by atoms with Crippen LogP contribution in [0.2, 0.25) is 0 Å². The van der Waals surface area contributed by atoms with Crippen molar-refractivity contribution in [3.63, 3.8) is 0 Å². The summed E-state index contributed by atoms with van der Waals surface area (Å²) in [5, 5.41) is 0. The average molecular weight is 471 g/mol. The smallest absolute Gasteiger partial charge is 0.327 e.